The largest absolute Gasteiger partial charge is 0.416 e. The number of nitrogens with one attached hydrogen (secondary N) is 2. The summed E-state index contributed by atoms with van der Waals surface area (Å²) in [6, 6.07) is 14.7. The van der Waals surface area contributed by atoms with Gasteiger partial charge in [-0.1, -0.05) is 36.4 Å². The molecule has 4 rings (SSSR count). The lowest BCUT2D eigenvalue weighted by molar-refractivity contribution is -0.138. The van der Waals surface area contributed by atoms with E-state index in [1.807, 2.05) is 24.3 Å². The summed E-state index contributed by atoms with van der Waals surface area (Å²) in [4.78, 5) is 2.39. The van der Waals surface area contributed by atoms with Gasteiger partial charge >= 0.3 is 6.18 Å². The van der Waals surface area contributed by atoms with Gasteiger partial charge in [-0.05, 0) is 57.4 Å². The van der Waals surface area contributed by atoms with Gasteiger partial charge in [0.2, 0.25) is 0 Å². The van der Waals surface area contributed by atoms with Crippen molar-refractivity contribution in [1.29, 1.82) is 0 Å². The second-order valence-corrected chi connectivity index (χ2v) is 10.3. The highest BCUT2D eigenvalue weighted by Crippen LogP contribution is 2.51. The molecule has 2 aliphatic rings. The standard InChI is InChI=1S/C29H38F3N3O/c1-5-20(4)33-15-16-35(19(2)3)18-23-12-13-24-27(21-9-7-6-8-10-21)34-26-14-11-22(29(30,31)32)17-25(26)28(24)36-23/h5-11,14,17,19-20,23-24,27-28,33-34H,1,12-13,15-16,18H2,2-4H3/t20?,23-,24+,27+,28+/m1/s1. The third-order valence-electron chi connectivity index (χ3n) is 7.52. The fourth-order valence-electron chi connectivity index (χ4n) is 5.40. The molecule has 1 unspecified atom stereocenters. The summed E-state index contributed by atoms with van der Waals surface area (Å²) >= 11 is 0. The van der Waals surface area contributed by atoms with E-state index in [4.69, 9.17) is 4.74 Å². The number of benzene rings is 2. The normalized spacial score (nSPS) is 24.7. The van der Waals surface area contributed by atoms with Crippen LogP contribution in [0, 0.1) is 5.92 Å². The van der Waals surface area contributed by atoms with Crippen molar-refractivity contribution in [2.75, 3.05) is 25.0 Å². The number of anilines is 1. The van der Waals surface area contributed by atoms with Gasteiger partial charge in [-0.2, -0.15) is 13.2 Å². The van der Waals surface area contributed by atoms with Gasteiger partial charge in [-0.15, -0.1) is 6.58 Å². The molecule has 0 radical (unpaired) electrons. The first-order valence-corrected chi connectivity index (χ1v) is 13.0. The Bertz CT molecular complexity index is 1010. The van der Waals surface area contributed by atoms with Crippen LogP contribution in [0.3, 0.4) is 0 Å². The molecule has 0 spiro atoms. The molecule has 1 fully saturated rings. The lowest BCUT2D eigenvalue weighted by atomic mass is 9.76. The molecule has 7 heteroatoms. The highest BCUT2D eigenvalue weighted by Gasteiger charge is 2.44. The summed E-state index contributed by atoms with van der Waals surface area (Å²) in [5.41, 5.74) is 1.84. The molecule has 196 valence electrons. The molecule has 2 N–H and O–H groups in total. The zero-order valence-corrected chi connectivity index (χ0v) is 21.4. The van der Waals surface area contributed by atoms with Crippen molar-refractivity contribution in [3.63, 3.8) is 0 Å². The van der Waals surface area contributed by atoms with Crippen LogP contribution in [0.5, 0.6) is 0 Å². The van der Waals surface area contributed by atoms with Crippen LogP contribution < -0.4 is 10.6 Å². The van der Waals surface area contributed by atoms with Crippen molar-refractivity contribution in [3.05, 3.63) is 77.9 Å². The Hall–Kier alpha value is -2.35. The van der Waals surface area contributed by atoms with E-state index in [0.29, 0.717) is 11.6 Å². The molecular formula is C29H38F3N3O. The van der Waals surface area contributed by atoms with Crippen molar-refractivity contribution in [3.8, 4) is 0 Å². The number of hydrogen-bond donors (Lipinski definition) is 2. The first-order chi connectivity index (χ1) is 17.2. The number of halogens is 3. The van der Waals surface area contributed by atoms with Gasteiger partial charge in [0, 0.05) is 48.9 Å². The maximum absolute atomic E-state index is 13.6. The minimum absolute atomic E-state index is 0.00724. The predicted octanol–water partition coefficient (Wildman–Crippen LogP) is 6.58. The molecule has 0 bridgehead atoms. The van der Waals surface area contributed by atoms with Gasteiger partial charge in [-0.25, -0.2) is 0 Å². The molecule has 0 aliphatic carbocycles. The summed E-state index contributed by atoms with van der Waals surface area (Å²) in [6.45, 7) is 12.7. The predicted molar refractivity (Wildman–Crippen MR) is 139 cm³/mol. The summed E-state index contributed by atoms with van der Waals surface area (Å²) < 4.78 is 47.4. The number of hydrogen-bond acceptors (Lipinski definition) is 4. The van der Waals surface area contributed by atoms with Crippen LogP contribution >= 0.6 is 0 Å². The van der Waals surface area contributed by atoms with Crippen LogP contribution in [0.25, 0.3) is 0 Å². The maximum Gasteiger partial charge on any atom is 0.416 e. The highest BCUT2D eigenvalue weighted by atomic mass is 19.4. The average molecular weight is 502 g/mol. The lowest BCUT2D eigenvalue weighted by Crippen LogP contribution is -2.46. The van der Waals surface area contributed by atoms with E-state index in [2.05, 4.69) is 55.0 Å². The lowest BCUT2D eigenvalue weighted by Gasteiger charge is -2.46. The van der Waals surface area contributed by atoms with Crippen molar-refractivity contribution in [1.82, 2.24) is 10.2 Å². The van der Waals surface area contributed by atoms with Crippen LogP contribution in [0.4, 0.5) is 18.9 Å². The zero-order valence-electron chi connectivity index (χ0n) is 21.4. The molecule has 2 aromatic rings. The minimum atomic E-state index is -4.39. The Morgan fingerprint density at radius 2 is 1.89 bits per heavy atom. The third kappa shape index (κ3) is 6.13. The van der Waals surface area contributed by atoms with Crippen LogP contribution in [0.15, 0.2) is 61.2 Å². The molecule has 4 nitrogen and oxygen atoms in total. The molecule has 0 saturated carbocycles. The van der Waals surface area contributed by atoms with E-state index >= 15 is 0 Å². The van der Waals surface area contributed by atoms with Gasteiger partial charge in [0.05, 0.1) is 23.8 Å². The number of alkyl halides is 3. The second-order valence-electron chi connectivity index (χ2n) is 10.3. The molecule has 2 heterocycles. The second kappa shape index (κ2) is 11.4. The van der Waals surface area contributed by atoms with Gasteiger partial charge in [-0.3, -0.25) is 4.90 Å². The molecule has 2 aromatic carbocycles. The number of nitrogens with zero attached hydrogens (tertiary/aromatic N) is 1. The van der Waals surface area contributed by atoms with Crippen LogP contribution in [0.1, 0.15) is 62.4 Å². The molecule has 5 atom stereocenters. The van der Waals surface area contributed by atoms with Crippen molar-refractivity contribution >= 4 is 5.69 Å². The Morgan fingerprint density at radius 1 is 1.14 bits per heavy atom. The summed E-state index contributed by atoms with van der Waals surface area (Å²) in [5.74, 6) is 0.0576. The molecule has 0 aromatic heterocycles. The van der Waals surface area contributed by atoms with Gasteiger partial charge in [0.15, 0.2) is 0 Å². The summed E-state index contributed by atoms with van der Waals surface area (Å²) in [6.07, 6.45) is -1.17. The highest BCUT2D eigenvalue weighted by molar-refractivity contribution is 5.58. The van der Waals surface area contributed by atoms with E-state index in [1.165, 1.54) is 6.07 Å². The quantitative estimate of drug-likeness (QED) is 0.381. The maximum atomic E-state index is 13.6. The minimum Gasteiger partial charge on any atom is -0.378 e. The van der Waals surface area contributed by atoms with Gasteiger partial charge in [0.25, 0.3) is 0 Å². The van der Waals surface area contributed by atoms with E-state index in [-0.39, 0.29) is 30.2 Å². The molecule has 1 saturated heterocycles. The number of rotatable bonds is 9. The fraction of sp³-hybridized carbons (Fsp3) is 0.517. The van der Waals surface area contributed by atoms with E-state index in [9.17, 15) is 13.2 Å². The third-order valence-corrected chi connectivity index (χ3v) is 7.52. The van der Waals surface area contributed by atoms with Gasteiger partial charge in [0.1, 0.15) is 0 Å². The smallest absolute Gasteiger partial charge is 0.378 e. The summed E-state index contributed by atoms with van der Waals surface area (Å²) in [5, 5.41) is 6.98. The topological polar surface area (TPSA) is 36.5 Å². The van der Waals surface area contributed by atoms with Crippen LogP contribution in [-0.4, -0.2) is 42.7 Å². The number of fused-ring (bicyclic) bond motifs is 3. The first kappa shape index (κ1) is 26.7. The SMILES string of the molecule is C=CC(C)NCCN(C[C@H]1CC[C@@H]2[C@H](O1)c1cc(C(F)(F)F)ccc1N[C@H]2c1ccccc1)C(C)C. The van der Waals surface area contributed by atoms with Crippen LogP contribution in [0.2, 0.25) is 0 Å². The Balaban J connectivity index is 1.57. The molecule has 0 amide bonds. The average Bonchev–Trinajstić information content (AvgIpc) is 2.87. The Kier molecular flexibility index (Phi) is 8.43. The number of ether oxygens (including phenoxy) is 1. The Morgan fingerprint density at radius 3 is 2.56 bits per heavy atom. The van der Waals surface area contributed by atoms with E-state index in [1.54, 1.807) is 6.07 Å². The summed E-state index contributed by atoms with van der Waals surface area (Å²) in [7, 11) is 0. The van der Waals surface area contributed by atoms with Crippen molar-refractivity contribution in [2.45, 2.75) is 70.1 Å². The van der Waals surface area contributed by atoms with Crippen molar-refractivity contribution < 1.29 is 17.9 Å². The van der Waals surface area contributed by atoms with Gasteiger partial charge < -0.3 is 15.4 Å². The van der Waals surface area contributed by atoms with E-state index in [0.717, 1.165) is 49.8 Å². The molecule has 2 aliphatic heterocycles. The van der Waals surface area contributed by atoms with Crippen LogP contribution in [-0.2, 0) is 10.9 Å². The Labute approximate surface area is 212 Å². The van der Waals surface area contributed by atoms with E-state index < -0.39 is 11.7 Å². The monoisotopic (exact) mass is 501 g/mol. The molecule has 36 heavy (non-hydrogen) atoms. The first-order valence-electron chi connectivity index (χ1n) is 13.0. The van der Waals surface area contributed by atoms with Crippen molar-refractivity contribution in [2.24, 2.45) is 5.92 Å². The zero-order chi connectivity index (χ0) is 25.9. The molecular weight excluding hydrogens is 463 g/mol. The fourth-order valence-corrected chi connectivity index (χ4v) is 5.40.